The highest BCUT2D eigenvalue weighted by Gasteiger charge is 2.31. The van der Waals surface area contributed by atoms with Crippen LogP contribution in [-0.2, 0) is 6.54 Å². The fraction of sp³-hybridized carbons (Fsp3) is 0.250. The van der Waals surface area contributed by atoms with Gasteiger partial charge >= 0.3 is 6.03 Å². The molecule has 4 rings (SSSR count). The Labute approximate surface area is 160 Å². The van der Waals surface area contributed by atoms with Gasteiger partial charge in [0.25, 0.3) is 0 Å². The number of hydrogen-bond acceptors (Lipinski definition) is 3. The maximum absolute atomic E-state index is 14.0. The molecule has 3 heterocycles. The molecule has 144 valence electrons. The van der Waals surface area contributed by atoms with Crippen LogP contribution in [0, 0.1) is 11.6 Å². The number of benzene rings is 1. The third kappa shape index (κ3) is 3.71. The number of halogens is 2. The summed E-state index contributed by atoms with van der Waals surface area (Å²) in [4.78, 5) is 18.5. The molecule has 1 atom stereocenters. The number of aromatic nitrogens is 3. The molecule has 1 aliphatic rings. The zero-order valence-electron chi connectivity index (χ0n) is 15.1. The molecular weight excluding hydrogens is 364 g/mol. The van der Waals surface area contributed by atoms with E-state index < -0.39 is 11.6 Å². The summed E-state index contributed by atoms with van der Waals surface area (Å²) < 4.78 is 29.7. The lowest BCUT2D eigenvalue weighted by Gasteiger charge is -2.18. The first-order valence-corrected chi connectivity index (χ1v) is 9.03. The van der Waals surface area contributed by atoms with Crippen LogP contribution in [0.5, 0.6) is 0 Å². The Balaban J connectivity index is 1.42. The Bertz CT molecular complexity index is 955. The molecule has 0 bridgehead atoms. The van der Waals surface area contributed by atoms with E-state index in [-0.39, 0.29) is 24.1 Å². The van der Waals surface area contributed by atoms with Crippen LogP contribution in [0.4, 0.5) is 19.4 Å². The summed E-state index contributed by atoms with van der Waals surface area (Å²) in [5.41, 5.74) is 0.871. The van der Waals surface area contributed by atoms with E-state index in [1.54, 1.807) is 28.0 Å². The summed E-state index contributed by atoms with van der Waals surface area (Å²) >= 11 is 0. The van der Waals surface area contributed by atoms with Gasteiger partial charge in [-0.05, 0) is 30.7 Å². The summed E-state index contributed by atoms with van der Waals surface area (Å²) in [6.07, 6.45) is 3.81. The van der Waals surface area contributed by atoms with Crippen molar-refractivity contribution in [3.8, 4) is 0 Å². The van der Waals surface area contributed by atoms with Crippen molar-refractivity contribution in [2.24, 2.45) is 0 Å². The molecule has 3 aromatic rings. The Morgan fingerprint density at radius 1 is 1.11 bits per heavy atom. The second-order valence-electron chi connectivity index (χ2n) is 6.69. The number of rotatable bonds is 4. The van der Waals surface area contributed by atoms with Crippen molar-refractivity contribution in [2.45, 2.75) is 18.9 Å². The number of hydrogen-bond donors (Lipinski definition) is 1. The van der Waals surface area contributed by atoms with Gasteiger partial charge in [0.15, 0.2) is 0 Å². The zero-order valence-corrected chi connectivity index (χ0v) is 15.1. The Kier molecular flexibility index (Phi) is 5.01. The fourth-order valence-corrected chi connectivity index (χ4v) is 3.48. The molecule has 0 aliphatic carbocycles. The topological polar surface area (TPSA) is 63.1 Å². The maximum Gasteiger partial charge on any atom is 0.323 e. The summed E-state index contributed by atoms with van der Waals surface area (Å²) in [7, 11) is 0. The standard InChI is InChI=1S/C20H19F2N5O/c21-16-5-3-6-17(22)19(16)14-8-11-26(12-14)20(28)25-18-7-10-24-27(18)13-15-4-1-2-9-23-15/h1-7,9-10,14H,8,11-13H2,(H,25,28). The first-order valence-electron chi connectivity index (χ1n) is 9.03. The number of amides is 2. The van der Waals surface area contributed by atoms with Crippen LogP contribution in [0.15, 0.2) is 54.9 Å². The molecule has 8 heteroatoms. The van der Waals surface area contributed by atoms with Gasteiger partial charge in [-0.15, -0.1) is 0 Å². The summed E-state index contributed by atoms with van der Waals surface area (Å²) in [6, 6.07) is 10.8. The molecule has 0 radical (unpaired) electrons. The van der Waals surface area contributed by atoms with Crippen LogP contribution in [0.25, 0.3) is 0 Å². The minimum absolute atomic E-state index is 0.0537. The number of nitrogens with one attached hydrogen (secondary N) is 1. The second kappa shape index (κ2) is 7.75. The molecular formula is C20H19F2N5O. The first-order chi connectivity index (χ1) is 13.6. The average molecular weight is 383 g/mol. The summed E-state index contributed by atoms with van der Waals surface area (Å²) in [5, 5.41) is 7.05. The van der Waals surface area contributed by atoms with Gasteiger partial charge in [0.1, 0.15) is 17.5 Å². The van der Waals surface area contributed by atoms with Crippen LogP contribution in [0.1, 0.15) is 23.6 Å². The van der Waals surface area contributed by atoms with E-state index in [1.165, 1.54) is 18.2 Å². The normalized spacial score (nSPS) is 16.4. The molecule has 0 spiro atoms. The summed E-state index contributed by atoms with van der Waals surface area (Å²) in [6.45, 7) is 1.11. The molecule has 1 fully saturated rings. The lowest BCUT2D eigenvalue weighted by atomic mass is 9.97. The molecule has 2 aromatic heterocycles. The molecule has 6 nitrogen and oxygen atoms in total. The third-order valence-electron chi connectivity index (χ3n) is 4.87. The lowest BCUT2D eigenvalue weighted by Crippen LogP contribution is -2.33. The van der Waals surface area contributed by atoms with Crippen LogP contribution >= 0.6 is 0 Å². The van der Waals surface area contributed by atoms with Gasteiger partial charge in [-0.3, -0.25) is 10.3 Å². The van der Waals surface area contributed by atoms with E-state index in [4.69, 9.17) is 0 Å². The highest BCUT2D eigenvalue weighted by Crippen LogP contribution is 2.31. The number of carbonyl (C=O) groups excluding carboxylic acids is 1. The Morgan fingerprint density at radius 2 is 1.93 bits per heavy atom. The Morgan fingerprint density at radius 3 is 2.68 bits per heavy atom. The molecule has 28 heavy (non-hydrogen) atoms. The first kappa shape index (κ1) is 18.1. The molecule has 1 aromatic carbocycles. The lowest BCUT2D eigenvalue weighted by molar-refractivity contribution is 0.221. The van der Waals surface area contributed by atoms with Crippen molar-refractivity contribution in [2.75, 3.05) is 18.4 Å². The number of nitrogens with zero attached hydrogens (tertiary/aromatic N) is 4. The van der Waals surface area contributed by atoms with E-state index >= 15 is 0 Å². The predicted molar refractivity (Wildman–Crippen MR) is 99.9 cm³/mol. The van der Waals surface area contributed by atoms with E-state index in [0.29, 0.717) is 25.3 Å². The number of pyridine rings is 1. The van der Waals surface area contributed by atoms with Crippen molar-refractivity contribution in [3.63, 3.8) is 0 Å². The molecule has 1 N–H and O–H groups in total. The van der Waals surface area contributed by atoms with Gasteiger partial charge in [-0.2, -0.15) is 5.10 Å². The third-order valence-corrected chi connectivity index (χ3v) is 4.87. The zero-order chi connectivity index (χ0) is 19.5. The van der Waals surface area contributed by atoms with Crippen molar-refractivity contribution >= 4 is 11.8 Å². The van der Waals surface area contributed by atoms with Gasteiger partial charge in [0.2, 0.25) is 0 Å². The van der Waals surface area contributed by atoms with E-state index in [1.807, 2.05) is 18.2 Å². The van der Waals surface area contributed by atoms with Crippen LogP contribution in [-0.4, -0.2) is 38.8 Å². The number of carbonyl (C=O) groups is 1. The summed E-state index contributed by atoms with van der Waals surface area (Å²) in [5.74, 6) is -0.956. The van der Waals surface area contributed by atoms with Crippen molar-refractivity contribution < 1.29 is 13.6 Å². The van der Waals surface area contributed by atoms with Gasteiger partial charge in [-0.1, -0.05) is 12.1 Å². The molecule has 1 unspecified atom stereocenters. The highest BCUT2D eigenvalue weighted by molar-refractivity contribution is 5.88. The SMILES string of the molecule is O=C(Nc1ccnn1Cc1ccccn1)N1CCC(c2c(F)cccc2F)C1. The van der Waals surface area contributed by atoms with E-state index in [2.05, 4.69) is 15.4 Å². The van der Waals surface area contributed by atoms with Crippen LogP contribution in [0.2, 0.25) is 0 Å². The van der Waals surface area contributed by atoms with Crippen LogP contribution < -0.4 is 5.32 Å². The predicted octanol–water partition coefficient (Wildman–Crippen LogP) is 3.63. The van der Waals surface area contributed by atoms with Gasteiger partial charge in [-0.25, -0.2) is 18.3 Å². The van der Waals surface area contributed by atoms with E-state index in [9.17, 15) is 13.6 Å². The van der Waals surface area contributed by atoms with Crippen LogP contribution in [0.3, 0.4) is 0 Å². The largest absolute Gasteiger partial charge is 0.324 e. The van der Waals surface area contributed by atoms with Gasteiger partial charge in [0.05, 0.1) is 18.4 Å². The quantitative estimate of drug-likeness (QED) is 0.748. The van der Waals surface area contributed by atoms with Crippen molar-refractivity contribution in [1.29, 1.82) is 0 Å². The molecule has 0 saturated carbocycles. The minimum Gasteiger partial charge on any atom is -0.324 e. The molecule has 2 amide bonds. The number of anilines is 1. The van der Waals surface area contributed by atoms with E-state index in [0.717, 1.165) is 5.69 Å². The van der Waals surface area contributed by atoms with Gasteiger partial charge < -0.3 is 4.90 Å². The maximum atomic E-state index is 14.0. The van der Waals surface area contributed by atoms with Crippen molar-refractivity contribution in [3.05, 3.63) is 77.8 Å². The Hall–Kier alpha value is -3.29. The number of urea groups is 1. The van der Waals surface area contributed by atoms with Gasteiger partial charge in [0, 0.05) is 36.8 Å². The molecule has 1 aliphatic heterocycles. The van der Waals surface area contributed by atoms with Crippen molar-refractivity contribution in [1.82, 2.24) is 19.7 Å². The highest BCUT2D eigenvalue weighted by atomic mass is 19.1. The molecule has 1 saturated heterocycles. The fourth-order valence-electron chi connectivity index (χ4n) is 3.48. The second-order valence-corrected chi connectivity index (χ2v) is 6.69. The minimum atomic E-state index is -0.569. The average Bonchev–Trinajstić information content (AvgIpc) is 3.33. The smallest absolute Gasteiger partial charge is 0.323 e. The number of likely N-dealkylation sites (tertiary alicyclic amines) is 1. The monoisotopic (exact) mass is 383 g/mol.